The van der Waals surface area contributed by atoms with Crippen molar-refractivity contribution in [1.29, 1.82) is 0 Å². The average molecular weight is 335 g/mol. The third kappa shape index (κ3) is 4.99. The lowest BCUT2D eigenvalue weighted by Gasteiger charge is -2.29. The second-order valence-electron chi connectivity index (χ2n) is 5.60. The Hall–Kier alpha value is -2.54. The van der Waals surface area contributed by atoms with Crippen molar-refractivity contribution in [2.24, 2.45) is 0 Å². The maximum absolute atomic E-state index is 11.8. The normalized spacial score (nSPS) is 16.2. The van der Waals surface area contributed by atoms with E-state index < -0.39 is 17.7 Å². The van der Waals surface area contributed by atoms with E-state index in [2.05, 4.69) is 5.32 Å². The number of methoxy groups -OCH3 is 1. The highest BCUT2D eigenvalue weighted by Crippen LogP contribution is 2.23. The van der Waals surface area contributed by atoms with Crippen LogP contribution in [-0.4, -0.2) is 38.0 Å². The monoisotopic (exact) mass is 335 g/mol. The van der Waals surface area contributed by atoms with Gasteiger partial charge in [-0.3, -0.25) is 0 Å². The van der Waals surface area contributed by atoms with Crippen LogP contribution in [0.4, 0.5) is 5.69 Å². The number of cyclic esters (lactones) is 2. The number of nitrogens with one attached hydrogen (secondary N) is 1. The first-order valence-electron chi connectivity index (χ1n) is 7.56. The number of rotatable bonds is 7. The summed E-state index contributed by atoms with van der Waals surface area (Å²) in [5.41, 5.74) is 0.506. The summed E-state index contributed by atoms with van der Waals surface area (Å²) in [4.78, 5) is 23.6. The molecule has 0 aromatic heterocycles. The van der Waals surface area contributed by atoms with Crippen LogP contribution in [0.15, 0.2) is 36.0 Å². The van der Waals surface area contributed by atoms with Crippen molar-refractivity contribution in [3.8, 4) is 5.75 Å². The molecule has 0 atom stereocenters. The smallest absolute Gasteiger partial charge is 0.350 e. The van der Waals surface area contributed by atoms with Crippen LogP contribution in [0.3, 0.4) is 0 Å². The molecule has 24 heavy (non-hydrogen) atoms. The van der Waals surface area contributed by atoms with Crippen LogP contribution in [0.5, 0.6) is 5.75 Å². The number of carbonyl (C=O) groups is 2. The van der Waals surface area contributed by atoms with Gasteiger partial charge in [0.25, 0.3) is 5.79 Å². The highest BCUT2D eigenvalue weighted by Gasteiger charge is 2.38. The largest absolute Gasteiger partial charge is 0.494 e. The van der Waals surface area contributed by atoms with Gasteiger partial charge in [-0.1, -0.05) is 0 Å². The van der Waals surface area contributed by atoms with Crippen molar-refractivity contribution >= 4 is 17.6 Å². The zero-order valence-corrected chi connectivity index (χ0v) is 14.0. The highest BCUT2D eigenvalue weighted by molar-refractivity contribution is 6.15. The first-order chi connectivity index (χ1) is 11.4. The van der Waals surface area contributed by atoms with E-state index in [0.717, 1.165) is 12.2 Å². The van der Waals surface area contributed by atoms with Crippen molar-refractivity contribution in [2.45, 2.75) is 26.1 Å². The lowest BCUT2D eigenvalue weighted by Crippen LogP contribution is -2.42. The Bertz CT molecular complexity index is 598. The van der Waals surface area contributed by atoms with Crippen molar-refractivity contribution in [1.82, 2.24) is 0 Å². The van der Waals surface area contributed by atoms with Gasteiger partial charge >= 0.3 is 11.9 Å². The number of ether oxygens (including phenoxy) is 4. The van der Waals surface area contributed by atoms with Gasteiger partial charge in [0.1, 0.15) is 5.75 Å². The molecule has 1 N–H and O–H groups in total. The zero-order valence-electron chi connectivity index (χ0n) is 14.0. The number of benzene rings is 1. The van der Waals surface area contributed by atoms with E-state index in [0.29, 0.717) is 18.9 Å². The standard InChI is InChI=1S/C17H21NO6/c1-17(2)23-15(19)14(16(20)24-17)11-18-12-5-7-13(8-6-12)22-10-4-9-21-3/h5-8,11,18H,4,9-10H2,1-3H3. The molecule has 1 aromatic rings. The SMILES string of the molecule is COCCCOc1ccc(NC=C2C(=O)OC(C)(C)OC2=O)cc1. The van der Waals surface area contributed by atoms with Gasteiger partial charge in [0.2, 0.25) is 0 Å². The van der Waals surface area contributed by atoms with Gasteiger partial charge in [-0.2, -0.15) is 0 Å². The number of anilines is 1. The van der Waals surface area contributed by atoms with Gasteiger partial charge in [0.05, 0.1) is 6.61 Å². The Kier molecular flexibility index (Phi) is 5.81. The molecule has 2 rings (SSSR count). The van der Waals surface area contributed by atoms with Gasteiger partial charge in [0.15, 0.2) is 5.57 Å². The molecule has 1 aliphatic heterocycles. The predicted molar refractivity (Wildman–Crippen MR) is 86.4 cm³/mol. The van der Waals surface area contributed by atoms with E-state index in [4.69, 9.17) is 18.9 Å². The van der Waals surface area contributed by atoms with Gasteiger partial charge < -0.3 is 24.3 Å². The van der Waals surface area contributed by atoms with Crippen LogP contribution in [0.2, 0.25) is 0 Å². The molecule has 0 radical (unpaired) electrons. The first kappa shape index (κ1) is 17.8. The van der Waals surface area contributed by atoms with Crippen molar-refractivity contribution < 1.29 is 28.5 Å². The molecule has 0 spiro atoms. The topological polar surface area (TPSA) is 83.1 Å². The number of hydrogen-bond donors (Lipinski definition) is 1. The van der Waals surface area contributed by atoms with Gasteiger partial charge in [-0.05, 0) is 24.3 Å². The van der Waals surface area contributed by atoms with E-state index in [1.54, 1.807) is 31.4 Å². The average Bonchev–Trinajstić information content (AvgIpc) is 2.51. The Balaban J connectivity index is 1.92. The van der Waals surface area contributed by atoms with Crippen LogP contribution in [-0.2, 0) is 23.8 Å². The predicted octanol–water partition coefficient (Wildman–Crippen LogP) is 2.23. The molecule has 0 aliphatic carbocycles. The third-order valence-corrected chi connectivity index (χ3v) is 3.12. The Morgan fingerprint density at radius 1 is 1.08 bits per heavy atom. The summed E-state index contributed by atoms with van der Waals surface area (Å²) in [5.74, 6) is -1.96. The molecule has 1 heterocycles. The fraction of sp³-hybridized carbons (Fsp3) is 0.412. The van der Waals surface area contributed by atoms with E-state index >= 15 is 0 Å². The minimum absolute atomic E-state index is 0.186. The minimum atomic E-state index is -1.24. The molecule has 1 aromatic carbocycles. The fourth-order valence-corrected chi connectivity index (χ4v) is 1.97. The van der Waals surface area contributed by atoms with Crippen LogP contribution in [0.1, 0.15) is 20.3 Å². The number of carbonyl (C=O) groups excluding carboxylic acids is 2. The second-order valence-corrected chi connectivity index (χ2v) is 5.60. The lowest BCUT2D eigenvalue weighted by molar-refractivity contribution is -0.222. The molecule has 1 saturated heterocycles. The first-order valence-corrected chi connectivity index (χ1v) is 7.56. The lowest BCUT2D eigenvalue weighted by atomic mass is 10.2. The van der Waals surface area contributed by atoms with Crippen molar-refractivity contribution in [3.05, 3.63) is 36.0 Å². The summed E-state index contributed by atoms with van der Waals surface area (Å²) in [6, 6.07) is 7.11. The van der Waals surface area contributed by atoms with E-state index in [1.807, 2.05) is 0 Å². The summed E-state index contributed by atoms with van der Waals surface area (Å²) in [6.45, 7) is 4.21. The summed E-state index contributed by atoms with van der Waals surface area (Å²) < 4.78 is 20.5. The van der Waals surface area contributed by atoms with Crippen molar-refractivity contribution in [3.63, 3.8) is 0 Å². The molecule has 0 amide bonds. The molecular formula is C17H21NO6. The van der Waals surface area contributed by atoms with Crippen LogP contribution in [0, 0.1) is 0 Å². The Morgan fingerprint density at radius 2 is 1.71 bits per heavy atom. The molecule has 7 heteroatoms. The van der Waals surface area contributed by atoms with E-state index in [1.165, 1.54) is 20.0 Å². The van der Waals surface area contributed by atoms with Crippen LogP contribution in [0.25, 0.3) is 0 Å². The molecule has 7 nitrogen and oxygen atoms in total. The van der Waals surface area contributed by atoms with E-state index in [-0.39, 0.29) is 5.57 Å². The molecule has 130 valence electrons. The van der Waals surface area contributed by atoms with Crippen molar-refractivity contribution in [2.75, 3.05) is 25.6 Å². The number of hydrogen-bond acceptors (Lipinski definition) is 7. The molecule has 1 fully saturated rings. The Morgan fingerprint density at radius 3 is 2.29 bits per heavy atom. The van der Waals surface area contributed by atoms with Crippen LogP contribution >= 0.6 is 0 Å². The maximum Gasteiger partial charge on any atom is 0.350 e. The molecular weight excluding hydrogens is 314 g/mol. The highest BCUT2D eigenvalue weighted by atomic mass is 16.7. The van der Waals surface area contributed by atoms with Gasteiger partial charge in [-0.25, -0.2) is 9.59 Å². The molecule has 0 bridgehead atoms. The van der Waals surface area contributed by atoms with Gasteiger partial charge in [-0.15, -0.1) is 0 Å². The fourth-order valence-electron chi connectivity index (χ4n) is 1.97. The molecule has 0 unspecified atom stereocenters. The second kappa shape index (κ2) is 7.83. The van der Waals surface area contributed by atoms with E-state index in [9.17, 15) is 9.59 Å². The molecule has 1 aliphatic rings. The quantitative estimate of drug-likeness (QED) is 0.354. The summed E-state index contributed by atoms with van der Waals surface area (Å²) in [5, 5.41) is 2.87. The van der Waals surface area contributed by atoms with Gasteiger partial charge in [0, 0.05) is 45.9 Å². The molecule has 0 saturated carbocycles. The summed E-state index contributed by atoms with van der Waals surface area (Å²) >= 11 is 0. The van der Waals surface area contributed by atoms with Crippen LogP contribution < -0.4 is 10.1 Å². The maximum atomic E-state index is 11.8. The summed E-state index contributed by atoms with van der Waals surface area (Å²) in [7, 11) is 1.65. The Labute approximate surface area is 140 Å². The third-order valence-electron chi connectivity index (χ3n) is 3.12. The zero-order chi connectivity index (χ0) is 17.6. The summed E-state index contributed by atoms with van der Waals surface area (Å²) in [6.07, 6.45) is 2.08. The number of esters is 2. The minimum Gasteiger partial charge on any atom is -0.494 e.